The molecule has 34 heavy (non-hydrogen) atoms. The number of ether oxygens (including phenoxy) is 2. The summed E-state index contributed by atoms with van der Waals surface area (Å²) in [6.07, 6.45) is 7.67. The minimum atomic E-state index is -0.688. The molecule has 1 atom stereocenters. The fourth-order valence-electron chi connectivity index (χ4n) is 6.08. The lowest BCUT2D eigenvalue weighted by atomic mass is 9.81. The van der Waals surface area contributed by atoms with Gasteiger partial charge in [-0.25, -0.2) is 0 Å². The molecule has 4 aliphatic rings. The predicted octanol–water partition coefficient (Wildman–Crippen LogP) is 4.53. The van der Waals surface area contributed by atoms with Gasteiger partial charge in [0, 0.05) is 49.5 Å². The Kier molecular flexibility index (Phi) is 5.83. The zero-order valence-corrected chi connectivity index (χ0v) is 21.1. The van der Waals surface area contributed by atoms with Gasteiger partial charge in [0.05, 0.1) is 0 Å². The number of nitrogens with zero attached hydrogens (tertiary/aromatic N) is 2. The number of rotatable bonds is 4. The number of benzene rings is 1. The van der Waals surface area contributed by atoms with Crippen molar-refractivity contribution in [1.82, 2.24) is 9.80 Å². The molecule has 6 heteroatoms. The van der Waals surface area contributed by atoms with Crippen molar-refractivity contribution in [2.75, 3.05) is 27.2 Å². The molecule has 0 N–H and O–H groups in total. The number of carbonyl (C=O) groups excluding carboxylic acids is 2. The number of amides is 1. The van der Waals surface area contributed by atoms with Crippen LogP contribution in [0.5, 0.6) is 11.5 Å². The Morgan fingerprint density at radius 3 is 2.38 bits per heavy atom. The van der Waals surface area contributed by atoms with Crippen LogP contribution in [-0.2, 0) is 11.2 Å². The van der Waals surface area contributed by atoms with Crippen molar-refractivity contribution < 1.29 is 19.1 Å². The second-order valence-electron chi connectivity index (χ2n) is 10.9. The van der Waals surface area contributed by atoms with E-state index in [1.165, 1.54) is 0 Å². The molecule has 1 saturated carbocycles. The molecular formula is C28H36N2O4. The van der Waals surface area contributed by atoms with Crippen LogP contribution in [0.4, 0.5) is 0 Å². The fraction of sp³-hybridized carbons (Fsp3) is 0.571. The largest absolute Gasteiger partial charge is 0.448 e. The Morgan fingerprint density at radius 2 is 1.74 bits per heavy atom. The van der Waals surface area contributed by atoms with E-state index in [0.29, 0.717) is 42.8 Å². The van der Waals surface area contributed by atoms with Gasteiger partial charge in [0.25, 0.3) is 11.7 Å². The minimum Gasteiger partial charge on any atom is -0.448 e. The summed E-state index contributed by atoms with van der Waals surface area (Å²) in [7, 11) is 4.30. The average molecular weight is 465 g/mol. The molecule has 1 aromatic rings. The van der Waals surface area contributed by atoms with Crippen molar-refractivity contribution in [2.45, 2.75) is 71.1 Å². The van der Waals surface area contributed by atoms with Crippen molar-refractivity contribution in [3.05, 3.63) is 46.1 Å². The molecule has 182 valence electrons. The van der Waals surface area contributed by atoms with E-state index in [2.05, 4.69) is 25.1 Å². The smallest absolute Gasteiger partial charge is 0.254 e. The molecule has 0 spiro atoms. The molecule has 2 heterocycles. The topological polar surface area (TPSA) is 59.1 Å². The number of fused-ring (bicyclic) bond motifs is 2. The summed E-state index contributed by atoms with van der Waals surface area (Å²) in [4.78, 5) is 30.1. The Morgan fingerprint density at radius 1 is 1.06 bits per heavy atom. The monoisotopic (exact) mass is 464 g/mol. The summed E-state index contributed by atoms with van der Waals surface area (Å²) in [5.74, 6) is 1.14. The molecule has 2 aliphatic heterocycles. The van der Waals surface area contributed by atoms with Gasteiger partial charge in [-0.1, -0.05) is 11.6 Å². The van der Waals surface area contributed by atoms with Gasteiger partial charge in [-0.2, -0.15) is 0 Å². The molecule has 0 radical (unpaired) electrons. The number of hydrogen-bond donors (Lipinski definition) is 0. The summed E-state index contributed by atoms with van der Waals surface area (Å²) < 4.78 is 12.8. The molecule has 1 fully saturated rings. The highest BCUT2D eigenvalue weighted by Gasteiger charge is 2.46. The van der Waals surface area contributed by atoms with E-state index < -0.39 is 5.79 Å². The van der Waals surface area contributed by atoms with Crippen LogP contribution in [-0.4, -0.2) is 60.5 Å². The summed E-state index contributed by atoms with van der Waals surface area (Å²) in [6.45, 7) is 6.95. The number of hydrogen-bond acceptors (Lipinski definition) is 5. The second-order valence-corrected chi connectivity index (χ2v) is 10.9. The Balaban J connectivity index is 1.33. The third-order valence-corrected chi connectivity index (χ3v) is 8.20. The van der Waals surface area contributed by atoms with Crippen LogP contribution in [0.1, 0.15) is 68.8 Å². The van der Waals surface area contributed by atoms with Gasteiger partial charge in [0.2, 0.25) is 0 Å². The van der Waals surface area contributed by atoms with Crippen molar-refractivity contribution in [3.63, 3.8) is 0 Å². The fourth-order valence-corrected chi connectivity index (χ4v) is 6.08. The van der Waals surface area contributed by atoms with Gasteiger partial charge >= 0.3 is 0 Å². The van der Waals surface area contributed by atoms with Crippen LogP contribution in [0.25, 0.3) is 0 Å². The third kappa shape index (κ3) is 4.06. The van der Waals surface area contributed by atoms with E-state index in [1.807, 2.05) is 32.9 Å². The van der Waals surface area contributed by atoms with Crippen LogP contribution in [0, 0.1) is 5.92 Å². The standard InChI is InChI=1S/C28H36N2O4/c1-17-12-18(2)23(24(31)13-17)16-30-11-10-19-14-25-26(15-22(19)27(30)32)34-28(3,33-25)20-6-8-21(9-7-20)29(4)5/h12,14-15,20-21H,6-11,13,16H2,1-5H3. The van der Waals surface area contributed by atoms with Gasteiger partial charge in [-0.15, -0.1) is 0 Å². The lowest BCUT2D eigenvalue weighted by molar-refractivity contribution is -0.123. The summed E-state index contributed by atoms with van der Waals surface area (Å²) in [6, 6.07) is 4.48. The van der Waals surface area contributed by atoms with E-state index in [0.717, 1.165) is 60.1 Å². The number of ketones is 1. The van der Waals surface area contributed by atoms with Crippen LogP contribution in [0.3, 0.4) is 0 Å². The average Bonchev–Trinajstić information content (AvgIpc) is 3.12. The molecular weight excluding hydrogens is 428 g/mol. The van der Waals surface area contributed by atoms with Crippen LogP contribution >= 0.6 is 0 Å². The third-order valence-electron chi connectivity index (χ3n) is 8.20. The van der Waals surface area contributed by atoms with Crippen molar-refractivity contribution >= 4 is 11.7 Å². The van der Waals surface area contributed by atoms with E-state index >= 15 is 0 Å². The highest BCUT2D eigenvalue weighted by molar-refractivity contribution is 6.02. The zero-order chi connectivity index (χ0) is 24.2. The summed E-state index contributed by atoms with van der Waals surface area (Å²) >= 11 is 0. The van der Waals surface area contributed by atoms with E-state index in [9.17, 15) is 9.59 Å². The van der Waals surface area contributed by atoms with Gasteiger partial charge in [-0.3, -0.25) is 9.59 Å². The van der Waals surface area contributed by atoms with Crippen LogP contribution in [0.15, 0.2) is 34.9 Å². The molecule has 0 aromatic heterocycles. The Hall–Kier alpha value is -2.60. The molecule has 6 nitrogen and oxygen atoms in total. The van der Waals surface area contributed by atoms with Gasteiger partial charge in [0.15, 0.2) is 17.3 Å². The highest BCUT2D eigenvalue weighted by Crippen LogP contribution is 2.48. The first kappa shape index (κ1) is 23.2. The second kappa shape index (κ2) is 8.56. The molecule has 1 unspecified atom stereocenters. The van der Waals surface area contributed by atoms with Gasteiger partial charge in [0.1, 0.15) is 0 Å². The van der Waals surface area contributed by atoms with E-state index in [-0.39, 0.29) is 11.7 Å². The maximum Gasteiger partial charge on any atom is 0.254 e. The lowest BCUT2D eigenvalue weighted by Crippen LogP contribution is -2.46. The first-order valence-corrected chi connectivity index (χ1v) is 12.6. The normalized spacial score (nSPS) is 29.0. The van der Waals surface area contributed by atoms with Crippen molar-refractivity contribution in [1.29, 1.82) is 0 Å². The maximum absolute atomic E-state index is 13.4. The van der Waals surface area contributed by atoms with Crippen LogP contribution < -0.4 is 9.47 Å². The number of carbonyl (C=O) groups is 2. The zero-order valence-electron chi connectivity index (χ0n) is 21.1. The number of Topliss-reactive ketones (excluding diaryl/α,β-unsaturated/α-hetero) is 1. The first-order chi connectivity index (χ1) is 16.1. The SMILES string of the molecule is CC1=CC(C)=C(CN2CCc3cc4c(cc3C2=O)OC(C)(C2CCC(N(C)C)CC2)O4)C(=O)C1. The Bertz CT molecular complexity index is 1090. The maximum atomic E-state index is 13.4. The molecule has 0 saturated heterocycles. The van der Waals surface area contributed by atoms with Crippen molar-refractivity contribution in [3.8, 4) is 11.5 Å². The lowest BCUT2D eigenvalue weighted by Gasteiger charge is -2.39. The number of allylic oxidation sites excluding steroid dienone is 3. The molecule has 0 bridgehead atoms. The highest BCUT2D eigenvalue weighted by atomic mass is 16.7. The summed E-state index contributed by atoms with van der Waals surface area (Å²) in [5, 5.41) is 0. The Labute approximate surface area is 202 Å². The molecule has 1 amide bonds. The van der Waals surface area contributed by atoms with Crippen LogP contribution in [0.2, 0.25) is 0 Å². The van der Waals surface area contributed by atoms with Crippen molar-refractivity contribution in [2.24, 2.45) is 5.92 Å². The van der Waals surface area contributed by atoms with E-state index in [1.54, 1.807) is 4.90 Å². The predicted molar refractivity (Wildman–Crippen MR) is 131 cm³/mol. The minimum absolute atomic E-state index is 0.0351. The molecule has 1 aromatic carbocycles. The quantitative estimate of drug-likeness (QED) is 0.655. The van der Waals surface area contributed by atoms with E-state index in [4.69, 9.17) is 9.47 Å². The molecule has 2 aliphatic carbocycles. The van der Waals surface area contributed by atoms with Gasteiger partial charge < -0.3 is 19.3 Å². The first-order valence-electron chi connectivity index (χ1n) is 12.6. The summed E-state index contributed by atoms with van der Waals surface area (Å²) in [5.41, 5.74) is 4.47. The molecule has 5 rings (SSSR count). The van der Waals surface area contributed by atoms with Gasteiger partial charge in [-0.05, 0) is 83.3 Å².